The van der Waals surface area contributed by atoms with Crippen LogP contribution >= 0.6 is 12.4 Å². The van der Waals surface area contributed by atoms with Gasteiger partial charge in [0.15, 0.2) is 12.0 Å². The highest BCUT2D eigenvalue weighted by atomic mass is 35.5. The molecular formula is C15H18ClF3N2O. The number of rotatable bonds is 2. The Hall–Kier alpha value is -1.01. The lowest BCUT2D eigenvalue weighted by atomic mass is 9.67. The molecule has 3 nitrogen and oxygen atoms in total. The third-order valence-corrected chi connectivity index (χ3v) is 5.03. The van der Waals surface area contributed by atoms with Crippen molar-refractivity contribution in [1.29, 1.82) is 0 Å². The molecule has 3 aliphatic heterocycles. The molecule has 0 aromatic carbocycles. The van der Waals surface area contributed by atoms with Crippen molar-refractivity contribution in [2.24, 2.45) is 17.8 Å². The predicted molar refractivity (Wildman–Crippen MR) is 76.8 cm³/mol. The van der Waals surface area contributed by atoms with Gasteiger partial charge >= 0.3 is 6.18 Å². The smallest absolute Gasteiger partial charge is 0.420 e. The van der Waals surface area contributed by atoms with Gasteiger partial charge in [0.05, 0.1) is 6.20 Å². The summed E-state index contributed by atoms with van der Waals surface area (Å²) in [6.07, 6.45) is 1.17. The molecule has 4 bridgehead atoms. The third kappa shape index (κ3) is 2.67. The molecule has 3 unspecified atom stereocenters. The van der Waals surface area contributed by atoms with Crippen LogP contribution in [0.1, 0.15) is 24.8 Å². The normalized spacial score (nSPS) is 36.0. The van der Waals surface area contributed by atoms with Crippen LogP contribution in [0.3, 0.4) is 0 Å². The van der Waals surface area contributed by atoms with Crippen LogP contribution in [0.15, 0.2) is 18.5 Å². The van der Waals surface area contributed by atoms with E-state index in [0.29, 0.717) is 17.8 Å². The van der Waals surface area contributed by atoms with Gasteiger partial charge in [-0.05, 0) is 37.2 Å². The van der Waals surface area contributed by atoms with Crippen molar-refractivity contribution in [3.63, 3.8) is 0 Å². The van der Waals surface area contributed by atoms with Crippen molar-refractivity contribution in [3.8, 4) is 5.75 Å². The van der Waals surface area contributed by atoms with Gasteiger partial charge in [-0.1, -0.05) is 0 Å². The largest absolute Gasteiger partial charge is 0.473 e. The Labute approximate surface area is 133 Å². The molecule has 0 radical (unpaired) electrons. The molecule has 3 saturated heterocycles. The third-order valence-electron chi connectivity index (χ3n) is 5.03. The number of piperidine rings is 3. The Morgan fingerprint density at radius 1 is 1.14 bits per heavy atom. The fourth-order valence-corrected chi connectivity index (χ4v) is 4.40. The van der Waals surface area contributed by atoms with Crippen molar-refractivity contribution >= 4 is 12.4 Å². The van der Waals surface area contributed by atoms with Crippen molar-refractivity contribution < 1.29 is 17.9 Å². The van der Waals surface area contributed by atoms with Crippen molar-refractivity contribution in [3.05, 3.63) is 24.0 Å². The van der Waals surface area contributed by atoms with Crippen LogP contribution in [0.5, 0.6) is 5.75 Å². The number of halogens is 4. The van der Waals surface area contributed by atoms with Crippen LogP contribution in [0.2, 0.25) is 0 Å². The summed E-state index contributed by atoms with van der Waals surface area (Å²) in [7, 11) is 0. The maximum absolute atomic E-state index is 13.0. The van der Waals surface area contributed by atoms with Crippen molar-refractivity contribution in [2.45, 2.75) is 31.7 Å². The number of alkyl halides is 3. The van der Waals surface area contributed by atoms with E-state index in [0.717, 1.165) is 38.2 Å². The van der Waals surface area contributed by atoms with Gasteiger partial charge in [-0.15, -0.1) is 12.4 Å². The molecule has 3 atom stereocenters. The summed E-state index contributed by atoms with van der Waals surface area (Å²) in [6.45, 7) is 1.92. The first-order valence-corrected chi connectivity index (χ1v) is 7.42. The SMILES string of the molecule is Cl.FC(F)(F)c1ccncc1OC1C2CC3CC(C2)CN1C3. The fourth-order valence-electron chi connectivity index (χ4n) is 4.40. The topological polar surface area (TPSA) is 25.4 Å². The van der Waals surface area contributed by atoms with Gasteiger partial charge in [0.25, 0.3) is 0 Å². The van der Waals surface area contributed by atoms with E-state index in [-0.39, 0.29) is 24.4 Å². The van der Waals surface area contributed by atoms with Crippen LogP contribution in [0, 0.1) is 17.8 Å². The molecular weight excluding hydrogens is 317 g/mol. The van der Waals surface area contributed by atoms with Crippen molar-refractivity contribution in [1.82, 2.24) is 9.88 Å². The number of aromatic nitrogens is 1. The lowest BCUT2D eigenvalue weighted by Crippen LogP contribution is -2.61. The molecule has 122 valence electrons. The zero-order valence-electron chi connectivity index (χ0n) is 11.9. The molecule has 4 fully saturated rings. The van der Waals surface area contributed by atoms with Gasteiger partial charge in [0.1, 0.15) is 5.56 Å². The summed E-state index contributed by atoms with van der Waals surface area (Å²) in [4.78, 5) is 6.02. The summed E-state index contributed by atoms with van der Waals surface area (Å²) in [5.74, 6) is 1.64. The lowest BCUT2D eigenvalue weighted by molar-refractivity contribution is -0.154. The van der Waals surface area contributed by atoms with E-state index in [2.05, 4.69) is 9.88 Å². The maximum atomic E-state index is 13.0. The van der Waals surface area contributed by atoms with E-state index < -0.39 is 11.7 Å². The van der Waals surface area contributed by atoms with Crippen LogP contribution in [0.4, 0.5) is 13.2 Å². The molecule has 1 aromatic heterocycles. The van der Waals surface area contributed by atoms with Gasteiger partial charge in [0, 0.05) is 25.2 Å². The van der Waals surface area contributed by atoms with E-state index in [1.165, 1.54) is 12.6 Å². The van der Waals surface area contributed by atoms with Gasteiger partial charge < -0.3 is 4.74 Å². The second-order valence-electron chi connectivity index (χ2n) is 6.53. The fraction of sp³-hybridized carbons (Fsp3) is 0.667. The molecule has 4 aliphatic rings. The first-order valence-electron chi connectivity index (χ1n) is 7.42. The Balaban J connectivity index is 0.00000144. The molecule has 0 N–H and O–H groups in total. The van der Waals surface area contributed by atoms with Crippen LogP contribution in [0.25, 0.3) is 0 Å². The van der Waals surface area contributed by atoms with E-state index in [4.69, 9.17) is 4.74 Å². The average Bonchev–Trinajstić information content (AvgIpc) is 2.41. The molecule has 0 spiro atoms. The molecule has 4 heterocycles. The Kier molecular flexibility index (Phi) is 4.01. The second-order valence-corrected chi connectivity index (χ2v) is 6.53. The molecule has 1 aliphatic carbocycles. The first kappa shape index (κ1) is 15.9. The Morgan fingerprint density at radius 2 is 1.82 bits per heavy atom. The Morgan fingerprint density at radius 3 is 2.41 bits per heavy atom. The van der Waals surface area contributed by atoms with E-state index in [1.807, 2.05) is 0 Å². The molecule has 1 saturated carbocycles. The summed E-state index contributed by atoms with van der Waals surface area (Å²) >= 11 is 0. The van der Waals surface area contributed by atoms with Gasteiger partial charge in [-0.25, -0.2) is 0 Å². The number of pyridine rings is 1. The van der Waals surface area contributed by atoms with Crippen LogP contribution < -0.4 is 4.74 Å². The molecule has 5 rings (SSSR count). The van der Waals surface area contributed by atoms with Crippen LogP contribution in [-0.2, 0) is 6.18 Å². The molecule has 22 heavy (non-hydrogen) atoms. The zero-order valence-corrected chi connectivity index (χ0v) is 12.7. The number of nitrogens with zero attached hydrogens (tertiary/aromatic N) is 2. The highest BCUT2D eigenvalue weighted by Gasteiger charge is 2.48. The van der Waals surface area contributed by atoms with Gasteiger partial charge in [-0.3, -0.25) is 9.88 Å². The minimum atomic E-state index is -4.40. The zero-order chi connectivity index (χ0) is 14.6. The predicted octanol–water partition coefficient (Wildman–Crippen LogP) is 3.59. The first-order chi connectivity index (χ1) is 10.0. The number of hydrogen-bond acceptors (Lipinski definition) is 3. The maximum Gasteiger partial charge on any atom is 0.420 e. The molecule has 1 aromatic rings. The van der Waals surface area contributed by atoms with Crippen LogP contribution in [-0.4, -0.2) is 29.2 Å². The highest BCUT2D eigenvalue weighted by molar-refractivity contribution is 5.85. The number of ether oxygens (including phenoxy) is 1. The van der Waals surface area contributed by atoms with E-state index >= 15 is 0 Å². The minimum absolute atomic E-state index is 0. The van der Waals surface area contributed by atoms with E-state index in [1.54, 1.807) is 0 Å². The summed E-state index contributed by atoms with van der Waals surface area (Å²) in [5.41, 5.74) is -0.729. The summed E-state index contributed by atoms with van der Waals surface area (Å²) < 4.78 is 44.9. The van der Waals surface area contributed by atoms with E-state index in [9.17, 15) is 13.2 Å². The quantitative estimate of drug-likeness (QED) is 0.826. The second kappa shape index (κ2) is 5.57. The highest BCUT2D eigenvalue weighted by Crippen LogP contribution is 2.47. The Bertz CT molecular complexity index is 524. The lowest BCUT2D eigenvalue weighted by Gasteiger charge is -2.55. The number of hydrogen-bond donors (Lipinski definition) is 0. The molecule has 7 heteroatoms. The standard InChI is InChI=1S/C15H17F3N2O.ClH/c16-15(17,18)12-1-2-19-6-13(12)21-14-11-4-9-3-10(5-11)8-20(14)7-9;/h1-2,6,9-11,14H,3-5,7-8H2;1H. The van der Waals surface area contributed by atoms with Crippen molar-refractivity contribution in [2.75, 3.05) is 13.1 Å². The molecule has 0 amide bonds. The minimum Gasteiger partial charge on any atom is -0.473 e. The van der Waals surface area contributed by atoms with Gasteiger partial charge in [0.2, 0.25) is 0 Å². The monoisotopic (exact) mass is 334 g/mol. The summed E-state index contributed by atoms with van der Waals surface area (Å²) in [5, 5.41) is 0. The summed E-state index contributed by atoms with van der Waals surface area (Å²) in [6, 6.07) is 0.987. The average molecular weight is 335 g/mol. The van der Waals surface area contributed by atoms with Gasteiger partial charge in [-0.2, -0.15) is 13.2 Å².